The number of nitrogens with zero attached hydrogens (tertiary/aromatic N) is 2. The normalized spacial score (nSPS) is 11.9. The Hall–Kier alpha value is -3.79. The minimum Gasteiger partial charge on any atom is -0.495 e. The minimum atomic E-state index is -1.32. The zero-order valence-electron chi connectivity index (χ0n) is 19.5. The number of hydrazine groups is 1. The molecule has 0 aliphatic carbocycles. The molecule has 0 saturated heterocycles. The maximum absolute atomic E-state index is 14.2. The lowest BCUT2D eigenvalue weighted by molar-refractivity contribution is -0.128. The van der Waals surface area contributed by atoms with Gasteiger partial charge in [-0.05, 0) is 43.5 Å². The molecule has 1 aromatic heterocycles. The number of benzene rings is 2. The van der Waals surface area contributed by atoms with Crippen LogP contribution >= 0.6 is 11.6 Å². The number of halogens is 4. The second-order valence-corrected chi connectivity index (χ2v) is 8.21. The first-order valence-corrected chi connectivity index (χ1v) is 11.4. The van der Waals surface area contributed by atoms with Crippen molar-refractivity contribution in [3.8, 4) is 11.4 Å². The molecule has 0 aliphatic heterocycles. The number of nitrogens with one attached hydrogen (secondary N) is 2. The van der Waals surface area contributed by atoms with Crippen LogP contribution in [0.4, 0.5) is 13.2 Å². The molecule has 0 saturated carbocycles. The summed E-state index contributed by atoms with van der Waals surface area (Å²) in [7, 11) is 1.52. The number of hydrogen-bond acceptors (Lipinski definition) is 4. The van der Waals surface area contributed by atoms with E-state index in [1.54, 1.807) is 29.1 Å². The molecule has 1 heterocycles. The summed E-state index contributed by atoms with van der Waals surface area (Å²) < 4.78 is 49.0. The maximum atomic E-state index is 14.2. The highest BCUT2D eigenvalue weighted by Gasteiger charge is 2.27. The van der Waals surface area contributed by atoms with E-state index in [4.69, 9.17) is 16.3 Å². The van der Waals surface area contributed by atoms with E-state index in [-0.39, 0.29) is 18.7 Å². The van der Waals surface area contributed by atoms with Crippen LogP contribution in [0.25, 0.3) is 11.8 Å². The molecule has 0 fully saturated rings. The van der Waals surface area contributed by atoms with Crippen molar-refractivity contribution >= 4 is 29.5 Å². The van der Waals surface area contributed by atoms with Crippen molar-refractivity contribution < 1.29 is 27.5 Å². The van der Waals surface area contributed by atoms with Gasteiger partial charge in [0.25, 0.3) is 5.91 Å². The molecule has 0 radical (unpaired) electrons. The molecule has 0 spiro atoms. The molecule has 2 N–H and O–H groups in total. The van der Waals surface area contributed by atoms with E-state index >= 15 is 0 Å². The summed E-state index contributed by atoms with van der Waals surface area (Å²) in [5, 5.41) is 0. The number of hydrogen-bond donors (Lipinski definition) is 2. The van der Waals surface area contributed by atoms with E-state index in [1.807, 2.05) is 13.1 Å². The third-order valence-electron chi connectivity index (χ3n) is 5.26. The zero-order valence-corrected chi connectivity index (χ0v) is 20.3. The van der Waals surface area contributed by atoms with Crippen molar-refractivity contribution in [2.45, 2.75) is 25.7 Å². The van der Waals surface area contributed by atoms with Crippen molar-refractivity contribution in [1.29, 1.82) is 0 Å². The summed E-state index contributed by atoms with van der Waals surface area (Å²) in [4.78, 5) is 29.1. The highest BCUT2D eigenvalue weighted by molar-refractivity contribution is 6.17. The Balaban J connectivity index is 1.67. The van der Waals surface area contributed by atoms with Gasteiger partial charge in [0, 0.05) is 35.8 Å². The van der Waals surface area contributed by atoms with Crippen LogP contribution in [-0.2, 0) is 9.59 Å². The quantitative estimate of drug-likeness (QED) is 0.246. The Labute approximate surface area is 210 Å². The number of aromatic nitrogens is 2. The van der Waals surface area contributed by atoms with Crippen LogP contribution in [0.1, 0.15) is 35.6 Å². The number of imidazole rings is 1. The average Bonchev–Trinajstić information content (AvgIpc) is 3.28. The van der Waals surface area contributed by atoms with E-state index in [0.29, 0.717) is 23.4 Å². The summed E-state index contributed by atoms with van der Waals surface area (Å²) in [6, 6.07) is 6.27. The fraction of sp³-hybridized carbons (Fsp3) is 0.240. The Bertz CT molecular complexity index is 1260. The first kappa shape index (κ1) is 26.8. The molecule has 3 aromatic rings. The van der Waals surface area contributed by atoms with Gasteiger partial charge in [-0.15, -0.1) is 11.6 Å². The van der Waals surface area contributed by atoms with Crippen LogP contribution < -0.4 is 15.6 Å². The zero-order chi connectivity index (χ0) is 26.2. The molecular weight excluding hydrogens is 497 g/mol. The van der Waals surface area contributed by atoms with Crippen molar-refractivity contribution in [3.05, 3.63) is 83.2 Å². The Morgan fingerprint density at radius 1 is 1.17 bits per heavy atom. The topological polar surface area (TPSA) is 85.3 Å². The molecule has 3 rings (SSSR count). The van der Waals surface area contributed by atoms with E-state index in [1.165, 1.54) is 19.3 Å². The van der Waals surface area contributed by atoms with Gasteiger partial charge in [0.15, 0.2) is 0 Å². The number of carbonyl (C=O) groups excluding carboxylic acids is 2. The average molecular weight is 521 g/mol. The summed E-state index contributed by atoms with van der Waals surface area (Å²) in [6.45, 7) is 1.87. The summed E-state index contributed by atoms with van der Waals surface area (Å²) in [5.74, 6) is -5.68. The van der Waals surface area contributed by atoms with E-state index in [0.717, 1.165) is 11.4 Å². The van der Waals surface area contributed by atoms with Gasteiger partial charge in [-0.1, -0.05) is 6.07 Å². The van der Waals surface area contributed by atoms with E-state index in [9.17, 15) is 22.8 Å². The van der Waals surface area contributed by atoms with Gasteiger partial charge >= 0.3 is 0 Å². The van der Waals surface area contributed by atoms with Crippen molar-refractivity contribution in [3.63, 3.8) is 0 Å². The summed E-state index contributed by atoms with van der Waals surface area (Å²) >= 11 is 5.67. The number of carbonyl (C=O) groups is 2. The molecule has 1 atom stereocenters. The van der Waals surface area contributed by atoms with Crippen LogP contribution in [0, 0.1) is 24.4 Å². The Morgan fingerprint density at radius 3 is 2.50 bits per heavy atom. The number of ether oxygens (including phenoxy) is 1. The first-order chi connectivity index (χ1) is 17.2. The summed E-state index contributed by atoms with van der Waals surface area (Å²) in [5.41, 5.74) is 5.98. The van der Waals surface area contributed by atoms with Crippen LogP contribution in [0.2, 0.25) is 0 Å². The van der Waals surface area contributed by atoms with Gasteiger partial charge < -0.3 is 9.30 Å². The largest absolute Gasteiger partial charge is 0.495 e. The predicted molar refractivity (Wildman–Crippen MR) is 129 cm³/mol. The van der Waals surface area contributed by atoms with Gasteiger partial charge in [-0.3, -0.25) is 20.4 Å². The lowest BCUT2D eigenvalue weighted by atomic mass is 9.92. The van der Waals surface area contributed by atoms with Gasteiger partial charge in [0.2, 0.25) is 5.91 Å². The monoisotopic (exact) mass is 520 g/mol. The van der Waals surface area contributed by atoms with Crippen LogP contribution in [0.5, 0.6) is 5.75 Å². The van der Waals surface area contributed by atoms with E-state index in [2.05, 4.69) is 15.8 Å². The predicted octanol–water partition coefficient (Wildman–Crippen LogP) is 4.57. The highest BCUT2D eigenvalue weighted by Crippen LogP contribution is 2.28. The molecule has 7 nitrogen and oxygen atoms in total. The SMILES string of the molecule is COc1cc(/C=C/C(=O)NNC(=O)C(CCCCl)c2c(F)cc(F)cc2F)ccc1-n1cnc(C)c1. The second kappa shape index (κ2) is 12.3. The number of methoxy groups -OCH3 is 1. The maximum Gasteiger partial charge on any atom is 0.262 e. The smallest absolute Gasteiger partial charge is 0.262 e. The van der Waals surface area contributed by atoms with Crippen LogP contribution in [-0.4, -0.2) is 34.4 Å². The molecule has 0 bridgehead atoms. The fourth-order valence-electron chi connectivity index (χ4n) is 3.56. The van der Waals surface area contributed by atoms with Crippen LogP contribution in [0.15, 0.2) is 48.9 Å². The molecule has 2 aromatic carbocycles. The van der Waals surface area contributed by atoms with Gasteiger partial charge in [0.05, 0.1) is 30.7 Å². The highest BCUT2D eigenvalue weighted by atomic mass is 35.5. The van der Waals surface area contributed by atoms with Crippen LogP contribution in [0.3, 0.4) is 0 Å². The lowest BCUT2D eigenvalue weighted by Gasteiger charge is -2.18. The number of rotatable bonds is 9. The van der Waals surface area contributed by atoms with Gasteiger partial charge in [-0.25, -0.2) is 18.2 Å². The van der Waals surface area contributed by atoms with Crippen molar-refractivity contribution in [2.24, 2.45) is 0 Å². The molecule has 0 aliphatic rings. The molecular formula is C25H24ClF3N4O3. The third kappa shape index (κ3) is 6.66. The molecule has 11 heteroatoms. The second-order valence-electron chi connectivity index (χ2n) is 7.83. The number of amides is 2. The summed E-state index contributed by atoms with van der Waals surface area (Å²) in [6.07, 6.45) is 6.42. The third-order valence-corrected chi connectivity index (χ3v) is 5.53. The van der Waals surface area contributed by atoms with E-state index < -0.39 is 40.7 Å². The molecule has 1 unspecified atom stereocenters. The number of aryl methyl sites for hydroxylation is 1. The lowest BCUT2D eigenvalue weighted by Crippen LogP contribution is -2.43. The van der Waals surface area contributed by atoms with Gasteiger partial charge in [0.1, 0.15) is 23.2 Å². The van der Waals surface area contributed by atoms with Crippen molar-refractivity contribution in [2.75, 3.05) is 13.0 Å². The number of alkyl halides is 1. The molecule has 2 amide bonds. The van der Waals surface area contributed by atoms with Gasteiger partial charge in [-0.2, -0.15) is 0 Å². The molecule has 190 valence electrons. The first-order valence-electron chi connectivity index (χ1n) is 10.9. The minimum absolute atomic E-state index is 0.0108. The fourth-order valence-corrected chi connectivity index (χ4v) is 3.72. The Morgan fingerprint density at radius 2 is 1.89 bits per heavy atom. The molecule has 36 heavy (non-hydrogen) atoms. The Kier molecular flexibility index (Phi) is 9.13. The van der Waals surface area contributed by atoms with Crippen molar-refractivity contribution in [1.82, 2.24) is 20.4 Å². The standard InChI is InChI=1S/C25H24ClF3N4O3/c1-15-13-33(14-30-15)21-7-5-16(10-22(21)36-2)6-8-23(34)31-32-25(35)18(4-3-9-26)24-19(28)11-17(27)12-20(24)29/h5-8,10-14,18H,3-4,9H2,1-2H3,(H,31,34)(H,32,35)/b8-6+.